The van der Waals surface area contributed by atoms with Gasteiger partial charge >= 0.3 is 0 Å². The zero-order chi connectivity index (χ0) is 27.0. The maximum atomic E-state index is 14.1. The molecule has 4 aromatic rings. The predicted molar refractivity (Wildman–Crippen MR) is 138 cm³/mol. The third kappa shape index (κ3) is 5.30. The van der Waals surface area contributed by atoms with E-state index in [2.05, 4.69) is 15.0 Å². The number of hydrogen-bond acceptors (Lipinski definition) is 8. The van der Waals surface area contributed by atoms with E-state index in [-0.39, 0.29) is 11.9 Å². The van der Waals surface area contributed by atoms with Crippen molar-refractivity contribution in [3.8, 4) is 17.0 Å². The quantitative estimate of drug-likeness (QED) is 0.373. The van der Waals surface area contributed by atoms with E-state index in [0.717, 1.165) is 11.6 Å². The van der Waals surface area contributed by atoms with Gasteiger partial charge in [0.2, 0.25) is 0 Å². The van der Waals surface area contributed by atoms with Crippen LogP contribution in [0.2, 0.25) is 0 Å². The van der Waals surface area contributed by atoms with E-state index in [4.69, 9.17) is 14.7 Å². The van der Waals surface area contributed by atoms with E-state index >= 15 is 0 Å². The number of hydrogen-bond donors (Lipinski definition) is 2. The second kappa shape index (κ2) is 10.2. The first-order valence-electron chi connectivity index (χ1n) is 12.6. The average Bonchev–Trinajstić information content (AvgIpc) is 3.38. The van der Waals surface area contributed by atoms with Gasteiger partial charge in [-0.2, -0.15) is 5.10 Å². The number of nitrogens with zero attached hydrogens (tertiary/aromatic N) is 6. The van der Waals surface area contributed by atoms with E-state index in [0.29, 0.717) is 60.7 Å². The predicted octanol–water partition coefficient (Wildman–Crippen LogP) is 4.04. The van der Waals surface area contributed by atoms with E-state index in [1.165, 1.54) is 26.0 Å². The summed E-state index contributed by atoms with van der Waals surface area (Å²) in [5.41, 5.74) is 1.46. The summed E-state index contributed by atoms with van der Waals surface area (Å²) in [4.78, 5) is 16.2. The Balaban J connectivity index is 1.46. The molecule has 11 heteroatoms. The molecule has 1 fully saturated rings. The molecule has 1 saturated heterocycles. The summed E-state index contributed by atoms with van der Waals surface area (Å²) in [6, 6.07) is 4.94. The van der Waals surface area contributed by atoms with Crippen molar-refractivity contribution in [2.75, 3.05) is 18.0 Å². The zero-order valence-electron chi connectivity index (χ0n) is 21.5. The van der Waals surface area contributed by atoms with Crippen LogP contribution in [0.25, 0.3) is 22.3 Å². The summed E-state index contributed by atoms with van der Waals surface area (Å²) in [5.74, 6) is -0.685. The number of aliphatic hydroxyl groups excluding tert-OH is 1. The second-order valence-electron chi connectivity index (χ2n) is 10.0. The van der Waals surface area contributed by atoms with Gasteiger partial charge in [0.1, 0.15) is 29.2 Å². The lowest BCUT2D eigenvalue weighted by Crippen LogP contribution is -2.39. The topological polar surface area (TPSA) is 109 Å². The van der Waals surface area contributed by atoms with Crippen molar-refractivity contribution < 1.29 is 23.7 Å². The zero-order valence-corrected chi connectivity index (χ0v) is 21.5. The normalized spacial score (nSPS) is 15.7. The molecule has 1 aromatic carbocycles. The number of ether oxygens (including phenoxy) is 1. The fourth-order valence-electron chi connectivity index (χ4n) is 4.49. The molecule has 4 heterocycles. The molecule has 0 saturated carbocycles. The number of benzene rings is 1. The van der Waals surface area contributed by atoms with Crippen molar-refractivity contribution in [3.05, 3.63) is 60.2 Å². The highest BCUT2D eigenvalue weighted by Crippen LogP contribution is 2.33. The van der Waals surface area contributed by atoms with Crippen LogP contribution in [-0.4, -0.2) is 59.7 Å². The van der Waals surface area contributed by atoms with Crippen molar-refractivity contribution in [3.63, 3.8) is 0 Å². The molecule has 0 bridgehead atoms. The molecule has 9 nitrogen and oxygen atoms in total. The van der Waals surface area contributed by atoms with Crippen molar-refractivity contribution in [2.24, 2.45) is 0 Å². The molecule has 200 valence electrons. The van der Waals surface area contributed by atoms with Gasteiger partial charge in [0.05, 0.1) is 29.2 Å². The minimum Gasteiger partial charge on any atom is -0.487 e. The van der Waals surface area contributed by atoms with E-state index in [1.807, 2.05) is 17.8 Å². The van der Waals surface area contributed by atoms with Gasteiger partial charge in [0.15, 0.2) is 17.4 Å². The number of rotatable bonds is 7. The smallest absolute Gasteiger partial charge is 0.167 e. The van der Waals surface area contributed by atoms with Gasteiger partial charge in [-0.05, 0) is 39.0 Å². The number of fused-ring (bicyclic) bond motifs is 1. The molecule has 0 amide bonds. The first-order valence-corrected chi connectivity index (χ1v) is 12.6. The Hall–Kier alpha value is -3.70. The van der Waals surface area contributed by atoms with Gasteiger partial charge in [0, 0.05) is 50.3 Å². The van der Waals surface area contributed by atoms with E-state index in [1.54, 1.807) is 18.5 Å². The Morgan fingerprint density at radius 2 is 1.87 bits per heavy atom. The van der Waals surface area contributed by atoms with Crippen LogP contribution in [-0.2, 0) is 6.54 Å². The Morgan fingerprint density at radius 1 is 1.11 bits per heavy atom. The van der Waals surface area contributed by atoms with E-state index < -0.39 is 23.3 Å². The minimum atomic E-state index is -1.38. The van der Waals surface area contributed by atoms with Gasteiger partial charge < -0.3 is 19.8 Å². The van der Waals surface area contributed by atoms with Crippen LogP contribution >= 0.6 is 0 Å². The Kier molecular flexibility index (Phi) is 6.97. The molecular weight excluding hydrogens is 494 g/mol. The molecular formula is C27H30F2N6O3. The van der Waals surface area contributed by atoms with Crippen molar-refractivity contribution in [1.82, 2.24) is 24.7 Å². The maximum Gasteiger partial charge on any atom is 0.167 e. The highest BCUT2D eigenvalue weighted by Gasteiger charge is 2.29. The van der Waals surface area contributed by atoms with Crippen LogP contribution in [0.5, 0.6) is 5.75 Å². The summed E-state index contributed by atoms with van der Waals surface area (Å²) in [6.07, 6.45) is 4.97. The SMILES string of the molecule is CCn1cc(-c2nc3cnc([C@H](O)C(C)(C)O)cc3nc2N2CCC(Oc3ccc(F)cc3F)CC2)cn1. The number of aryl methyl sites for hydroxylation is 1. The van der Waals surface area contributed by atoms with Gasteiger partial charge in [0.25, 0.3) is 0 Å². The van der Waals surface area contributed by atoms with Crippen LogP contribution in [0.4, 0.5) is 14.6 Å². The van der Waals surface area contributed by atoms with Gasteiger partial charge in [-0.3, -0.25) is 9.67 Å². The fraction of sp³-hybridized carbons (Fsp3) is 0.407. The van der Waals surface area contributed by atoms with Crippen LogP contribution in [0.1, 0.15) is 45.4 Å². The molecule has 2 N–H and O–H groups in total. The fourth-order valence-corrected chi connectivity index (χ4v) is 4.49. The van der Waals surface area contributed by atoms with Gasteiger partial charge in [-0.15, -0.1) is 0 Å². The molecule has 0 unspecified atom stereocenters. The van der Waals surface area contributed by atoms with Crippen molar-refractivity contribution >= 4 is 16.9 Å². The largest absolute Gasteiger partial charge is 0.487 e. The number of aromatic nitrogens is 5. The highest BCUT2D eigenvalue weighted by molar-refractivity contribution is 5.83. The lowest BCUT2D eigenvalue weighted by molar-refractivity contribution is -0.0516. The first-order chi connectivity index (χ1) is 18.1. The molecule has 0 aliphatic carbocycles. The van der Waals surface area contributed by atoms with E-state index in [9.17, 15) is 19.0 Å². The summed E-state index contributed by atoms with van der Waals surface area (Å²) < 4.78 is 35.0. The Morgan fingerprint density at radius 3 is 2.53 bits per heavy atom. The molecule has 3 aromatic heterocycles. The minimum absolute atomic E-state index is 0.0356. The maximum absolute atomic E-state index is 14.1. The highest BCUT2D eigenvalue weighted by atomic mass is 19.1. The molecule has 1 atom stereocenters. The summed E-state index contributed by atoms with van der Waals surface area (Å²) in [6.45, 7) is 6.88. The molecule has 1 aliphatic rings. The number of piperidine rings is 1. The third-order valence-corrected chi connectivity index (χ3v) is 6.66. The summed E-state index contributed by atoms with van der Waals surface area (Å²) >= 11 is 0. The number of pyridine rings is 1. The van der Waals surface area contributed by atoms with Crippen LogP contribution in [0, 0.1) is 11.6 Å². The lowest BCUT2D eigenvalue weighted by Gasteiger charge is -2.33. The summed E-state index contributed by atoms with van der Waals surface area (Å²) in [5, 5.41) is 25.2. The lowest BCUT2D eigenvalue weighted by atomic mass is 9.98. The van der Waals surface area contributed by atoms with Crippen molar-refractivity contribution in [2.45, 2.75) is 58.0 Å². The van der Waals surface area contributed by atoms with Crippen LogP contribution in [0.15, 0.2) is 42.9 Å². The molecule has 5 rings (SSSR count). The number of aliphatic hydroxyl groups is 2. The van der Waals surface area contributed by atoms with Crippen LogP contribution < -0.4 is 9.64 Å². The van der Waals surface area contributed by atoms with Gasteiger partial charge in [-0.1, -0.05) is 0 Å². The molecule has 0 radical (unpaired) electrons. The average molecular weight is 525 g/mol. The standard InChI is InChI=1S/C27H30F2N6O3/c1-4-35-15-16(13-31-35)24-26(33-20-12-21(25(36)27(2,3)37)30-14-22(20)32-24)34-9-7-18(8-10-34)38-23-6-5-17(28)11-19(23)29/h5-6,11-15,18,25,36-37H,4,7-10H2,1-3H3/t25-/m0/s1. The monoisotopic (exact) mass is 524 g/mol. The number of anilines is 1. The summed E-state index contributed by atoms with van der Waals surface area (Å²) in [7, 11) is 0. The molecule has 0 spiro atoms. The second-order valence-corrected chi connectivity index (χ2v) is 10.0. The van der Waals surface area contributed by atoms with Crippen molar-refractivity contribution in [1.29, 1.82) is 0 Å². The van der Waals surface area contributed by atoms with Gasteiger partial charge in [-0.25, -0.2) is 18.7 Å². The number of halogens is 2. The molecule has 38 heavy (non-hydrogen) atoms. The molecule has 1 aliphatic heterocycles. The Labute approximate surface area is 218 Å². The third-order valence-electron chi connectivity index (χ3n) is 6.66. The van der Waals surface area contributed by atoms with Crippen LogP contribution in [0.3, 0.4) is 0 Å². The first kappa shape index (κ1) is 25.9. The Bertz CT molecular complexity index is 1450.